The second kappa shape index (κ2) is 8.16. The zero-order chi connectivity index (χ0) is 17.6. The Morgan fingerprint density at radius 2 is 1.84 bits per heavy atom. The van der Waals surface area contributed by atoms with Gasteiger partial charge in [0.25, 0.3) is 0 Å². The van der Waals surface area contributed by atoms with Crippen LogP contribution >= 0.6 is 0 Å². The van der Waals surface area contributed by atoms with Gasteiger partial charge in [-0.2, -0.15) is 0 Å². The minimum atomic E-state index is -0.614. The summed E-state index contributed by atoms with van der Waals surface area (Å²) >= 11 is 0. The Morgan fingerprint density at radius 3 is 2.56 bits per heavy atom. The summed E-state index contributed by atoms with van der Waals surface area (Å²) in [7, 11) is 0. The minimum Gasteiger partial charge on any atom is -0.335 e. The number of amides is 1. The number of hydrogen-bond donors (Lipinski definition) is 1. The molecule has 1 amide bonds. The average molecular weight is 345 g/mol. The molecule has 1 fully saturated rings. The van der Waals surface area contributed by atoms with Crippen molar-refractivity contribution in [2.75, 3.05) is 6.54 Å². The van der Waals surface area contributed by atoms with E-state index in [9.17, 15) is 13.6 Å². The van der Waals surface area contributed by atoms with Gasteiger partial charge in [0.05, 0.1) is 0 Å². The lowest BCUT2D eigenvalue weighted by Gasteiger charge is -2.25. The molecule has 0 spiro atoms. The van der Waals surface area contributed by atoms with Gasteiger partial charge in [-0.15, -0.1) is 0 Å². The quantitative estimate of drug-likeness (QED) is 0.785. The fourth-order valence-electron chi connectivity index (χ4n) is 3.21. The molecule has 1 aliphatic heterocycles. The van der Waals surface area contributed by atoms with Gasteiger partial charge in [-0.25, -0.2) is 8.78 Å². The molecule has 2 aromatic rings. The molecule has 0 saturated carbocycles. The van der Waals surface area contributed by atoms with Crippen LogP contribution in [0.25, 0.3) is 0 Å². The molecule has 0 radical (unpaired) electrons. The summed E-state index contributed by atoms with van der Waals surface area (Å²) < 4.78 is 26.7. The van der Waals surface area contributed by atoms with Crippen LogP contribution in [0, 0.1) is 11.6 Å². The van der Waals surface area contributed by atoms with Crippen molar-refractivity contribution >= 4 is 5.91 Å². The number of nitrogens with one attached hydrogen (secondary N) is 1. The lowest BCUT2D eigenvalue weighted by Crippen LogP contribution is -2.34. The topological polar surface area (TPSA) is 45.2 Å². The summed E-state index contributed by atoms with van der Waals surface area (Å²) in [6.07, 6.45) is 5.61. The number of carbonyl (C=O) groups is 1. The van der Waals surface area contributed by atoms with E-state index in [1.165, 1.54) is 12.1 Å². The van der Waals surface area contributed by atoms with E-state index in [4.69, 9.17) is 0 Å². The smallest absolute Gasteiger partial charge is 0.223 e. The Kier molecular flexibility index (Phi) is 5.71. The second-order valence-corrected chi connectivity index (χ2v) is 6.31. The van der Waals surface area contributed by atoms with Crippen LogP contribution < -0.4 is 5.32 Å². The molecular formula is C19H21F2N3O. The summed E-state index contributed by atoms with van der Waals surface area (Å²) in [5, 5.41) is 3.36. The highest BCUT2D eigenvalue weighted by Gasteiger charge is 2.30. The van der Waals surface area contributed by atoms with E-state index in [0.29, 0.717) is 12.0 Å². The van der Waals surface area contributed by atoms with Crippen molar-refractivity contribution in [3.8, 4) is 0 Å². The first-order valence-corrected chi connectivity index (χ1v) is 8.46. The summed E-state index contributed by atoms with van der Waals surface area (Å²) in [6, 6.07) is 7.42. The van der Waals surface area contributed by atoms with E-state index in [0.717, 1.165) is 37.6 Å². The molecule has 4 nitrogen and oxygen atoms in total. The Hall–Kier alpha value is -2.34. The van der Waals surface area contributed by atoms with E-state index < -0.39 is 11.6 Å². The van der Waals surface area contributed by atoms with Gasteiger partial charge in [0, 0.05) is 44.0 Å². The van der Waals surface area contributed by atoms with Crippen molar-refractivity contribution in [1.29, 1.82) is 0 Å². The third kappa shape index (κ3) is 4.82. The Balaban J connectivity index is 1.52. The van der Waals surface area contributed by atoms with Crippen LogP contribution in [0.4, 0.5) is 8.78 Å². The molecule has 1 aliphatic rings. The fraction of sp³-hybridized carbons (Fsp3) is 0.368. The Labute approximate surface area is 145 Å². The monoisotopic (exact) mass is 345 g/mol. The van der Waals surface area contributed by atoms with E-state index in [1.807, 2.05) is 12.1 Å². The third-order valence-electron chi connectivity index (χ3n) is 4.46. The van der Waals surface area contributed by atoms with Gasteiger partial charge < -0.3 is 10.2 Å². The number of likely N-dealkylation sites (tertiary alicyclic amines) is 1. The molecule has 132 valence electrons. The molecule has 1 unspecified atom stereocenters. The Bertz CT molecular complexity index is 704. The standard InChI is InChI=1S/C19H21F2N3O/c20-16-9-15(10-17(21)11-16)13-24-18(1-2-19(24)25)5-8-23-12-14-3-6-22-7-4-14/h3-4,6-7,9-11,18,23H,1-2,5,8,12-13H2. The molecule has 2 heterocycles. The lowest BCUT2D eigenvalue weighted by atomic mass is 10.1. The van der Waals surface area contributed by atoms with Crippen molar-refractivity contribution in [3.63, 3.8) is 0 Å². The number of aromatic nitrogens is 1. The van der Waals surface area contributed by atoms with Gasteiger partial charge in [0.15, 0.2) is 0 Å². The number of benzene rings is 1. The van der Waals surface area contributed by atoms with Crippen LogP contribution in [0.2, 0.25) is 0 Å². The normalized spacial score (nSPS) is 17.3. The molecule has 1 N–H and O–H groups in total. The summed E-state index contributed by atoms with van der Waals surface area (Å²) in [4.78, 5) is 17.8. The van der Waals surface area contributed by atoms with Crippen molar-refractivity contribution < 1.29 is 13.6 Å². The van der Waals surface area contributed by atoms with E-state index in [1.54, 1.807) is 17.3 Å². The van der Waals surface area contributed by atoms with Gasteiger partial charge in [-0.1, -0.05) is 0 Å². The number of carbonyl (C=O) groups excluding carboxylic acids is 1. The summed E-state index contributed by atoms with van der Waals surface area (Å²) in [5.74, 6) is -1.18. The predicted octanol–water partition coefficient (Wildman–Crippen LogP) is 3.03. The van der Waals surface area contributed by atoms with E-state index in [-0.39, 0.29) is 18.5 Å². The maximum absolute atomic E-state index is 13.3. The highest BCUT2D eigenvalue weighted by Crippen LogP contribution is 2.24. The van der Waals surface area contributed by atoms with Crippen molar-refractivity contribution in [2.24, 2.45) is 0 Å². The largest absolute Gasteiger partial charge is 0.335 e. The van der Waals surface area contributed by atoms with Gasteiger partial charge in [0.2, 0.25) is 5.91 Å². The van der Waals surface area contributed by atoms with Gasteiger partial charge in [0.1, 0.15) is 11.6 Å². The second-order valence-electron chi connectivity index (χ2n) is 6.31. The van der Waals surface area contributed by atoms with Crippen molar-refractivity contribution in [2.45, 2.75) is 38.4 Å². The number of hydrogen-bond acceptors (Lipinski definition) is 3. The molecule has 25 heavy (non-hydrogen) atoms. The molecule has 3 rings (SSSR count). The number of rotatable bonds is 7. The van der Waals surface area contributed by atoms with E-state index in [2.05, 4.69) is 10.3 Å². The average Bonchev–Trinajstić information content (AvgIpc) is 2.92. The zero-order valence-corrected chi connectivity index (χ0v) is 13.9. The first kappa shape index (κ1) is 17.5. The van der Waals surface area contributed by atoms with Crippen LogP contribution in [0.3, 0.4) is 0 Å². The molecule has 1 aromatic carbocycles. The van der Waals surface area contributed by atoms with Gasteiger partial charge >= 0.3 is 0 Å². The number of nitrogens with zero attached hydrogens (tertiary/aromatic N) is 2. The minimum absolute atomic E-state index is 0.0452. The fourth-order valence-corrected chi connectivity index (χ4v) is 3.21. The molecule has 1 atom stereocenters. The zero-order valence-electron chi connectivity index (χ0n) is 13.9. The molecule has 0 bridgehead atoms. The van der Waals surface area contributed by atoms with Gasteiger partial charge in [-0.3, -0.25) is 9.78 Å². The first-order chi connectivity index (χ1) is 12.1. The van der Waals surface area contributed by atoms with Crippen molar-refractivity contribution in [3.05, 3.63) is 65.5 Å². The third-order valence-corrected chi connectivity index (χ3v) is 4.46. The maximum atomic E-state index is 13.3. The van der Waals surface area contributed by atoms with Crippen LogP contribution in [0.15, 0.2) is 42.7 Å². The maximum Gasteiger partial charge on any atom is 0.223 e. The first-order valence-electron chi connectivity index (χ1n) is 8.46. The summed E-state index contributed by atoms with van der Waals surface area (Å²) in [6.45, 7) is 1.77. The number of halogens is 2. The molecular weight excluding hydrogens is 324 g/mol. The molecule has 6 heteroatoms. The SMILES string of the molecule is O=C1CCC(CCNCc2ccncc2)N1Cc1cc(F)cc(F)c1. The van der Waals surface area contributed by atoms with Crippen LogP contribution in [0.1, 0.15) is 30.4 Å². The van der Waals surface area contributed by atoms with Crippen LogP contribution in [-0.4, -0.2) is 28.4 Å². The highest BCUT2D eigenvalue weighted by molar-refractivity contribution is 5.78. The summed E-state index contributed by atoms with van der Waals surface area (Å²) in [5.41, 5.74) is 1.65. The van der Waals surface area contributed by atoms with E-state index >= 15 is 0 Å². The highest BCUT2D eigenvalue weighted by atomic mass is 19.1. The molecule has 1 aromatic heterocycles. The number of pyridine rings is 1. The molecule has 0 aliphatic carbocycles. The predicted molar refractivity (Wildman–Crippen MR) is 90.5 cm³/mol. The van der Waals surface area contributed by atoms with Gasteiger partial charge in [-0.05, 0) is 54.8 Å². The van der Waals surface area contributed by atoms with Crippen molar-refractivity contribution in [1.82, 2.24) is 15.2 Å². The molecule has 1 saturated heterocycles. The lowest BCUT2D eigenvalue weighted by molar-refractivity contribution is -0.129. The van der Waals surface area contributed by atoms with Crippen LogP contribution in [-0.2, 0) is 17.9 Å². The van der Waals surface area contributed by atoms with Crippen LogP contribution in [0.5, 0.6) is 0 Å². The Morgan fingerprint density at radius 1 is 1.12 bits per heavy atom.